The van der Waals surface area contributed by atoms with E-state index in [1.165, 1.54) is 5.69 Å². The molecule has 6 nitrogen and oxygen atoms in total. The zero-order chi connectivity index (χ0) is 14.1. The Bertz CT molecular complexity index is 615. The normalized spacial score (nSPS) is 17.8. The summed E-state index contributed by atoms with van der Waals surface area (Å²) in [6.45, 7) is 1.35. The van der Waals surface area contributed by atoms with Crippen LogP contribution in [0.25, 0.3) is 0 Å². The second kappa shape index (κ2) is 5.11. The summed E-state index contributed by atoms with van der Waals surface area (Å²) in [5, 5.41) is 4.13. The van der Waals surface area contributed by atoms with Crippen LogP contribution in [0.2, 0.25) is 0 Å². The molecular formula is C14H19N5O. The van der Waals surface area contributed by atoms with Crippen LogP contribution in [0.1, 0.15) is 17.7 Å². The van der Waals surface area contributed by atoms with Crippen molar-refractivity contribution in [3.8, 4) is 0 Å². The lowest BCUT2D eigenvalue weighted by molar-refractivity contribution is -0.135. The molecule has 106 valence electrons. The molecule has 1 atom stereocenters. The van der Waals surface area contributed by atoms with Crippen molar-refractivity contribution < 1.29 is 4.79 Å². The van der Waals surface area contributed by atoms with E-state index in [1.807, 2.05) is 32.8 Å². The van der Waals surface area contributed by atoms with Crippen molar-refractivity contribution in [1.29, 1.82) is 0 Å². The Morgan fingerprint density at radius 2 is 2.35 bits per heavy atom. The molecule has 0 saturated heterocycles. The molecule has 3 heterocycles. The summed E-state index contributed by atoms with van der Waals surface area (Å²) < 4.78 is 3.84. The average Bonchev–Trinajstić information content (AvgIpc) is 3.05. The average molecular weight is 273 g/mol. The van der Waals surface area contributed by atoms with Crippen LogP contribution in [-0.2, 0) is 31.4 Å². The highest BCUT2D eigenvalue weighted by molar-refractivity contribution is 5.78. The molecule has 20 heavy (non-hydrogen) atoms. The number of fused-ring (bicyclic) bond motifs is 1. The maximum Gasteiger partial charge on any atom is 0.227 e. The Morgan fingerprint density at radius 3 is 3.10 bits per heavy atom. The van der Waals surface area contributed by atoms with Crippen molar-refractivity contribution in [2.24, 2.45) is 13.0 Å². The Morgan fingerprint density at radius 1 is 1.50 bits per heavy atom. The quantitative estimate of drug-likeness (QED) is 0.832. The van der Waals surface area contributed by atoms with Gasteiger partial charge < -0.3 is 9.47 Å². The van der Waals surface area contributed by atoms with Crippen molar-refractivity contribution >= 4 is 5.91 Å². The van der Waals surface area contributed by atoms with E-state index in [-0.39, 0.29) is 11.8 Å². The van der Waals surface area contributed by atoms with Gasteiger partial charge in [-0.15, -0.1) is 0 Å². The molecule has 0 saturated carbocycles. The fraction of sp³-hybridized carbons (Fsp3) is 0.500. The molecule has 2 aromatic rings. The highest BCUT2D eigenvalue weighted by Crippen LogP contribution is 2.21. The second-order valence-electron chi connectivity index (χ2n) is 5.49. The number of imidazole rings is 1. The standard InChI is InChI=1S/C14H19N5O/c1-17(7-11-5-16-18(2)8-11)14(20)12-3-4-13-6-15-10-19(13)9-12/h5-6,8,10,12H,3-4,7,9H2,1-2H3. The predicted octanol–water partition coefficient (Wildman–Crippen LogP) is 0.838. The minimum absolute atomic E-state index is 0.0540. The zero-order valence-electron chi connectivity index (χ0n) is 11.9. The lowest BCUT2D eigenvalue weighted by Crippen LogP contribution is -2.36. The molecule has 0 aromatic carbocycles. The van der Waals surface area contributed by atoms with Crippen molar-refractivity contribution in [3.63, 3.8) is 0 Å². The first kappa shape index (κ1) is 12.9. The van der Waals surface area contributed by atoms with Crippen molar-refractivity contribution in [2.45, 2.75) is 25.9 Å². The van der Waals surface area contributed by atoms with Crippen LogP contribution in [0.3, 0.4) is 0 Å². The van der Waals surface area contributed by atoms with E-state index in [2.05, 4.69) is 14.6 Å². The summed E-state index contributed by atoms with van der Waals surface area (Å²) in [4.78, 5) is 18.4. The van der Waals surface area contributed by atoms with Gasteiger partial charge in [0, 0.05) is 50.8 Å². The monoisotopic (exact) mass is 273 g/mol. The van der Waals surface area contributed by atoms with Crippen LogP contribution in [0.15, 0.2) is 24.9 Å². The Labute approximate surface area is 118 Å². The molecule has 1 aliphatic heterocycles. The highest BCUT2D eigenvalue weighted by atomic mass is 16.2. The molecular weight excluding hydrogens is 254 g/mol. The van der Waals surface area contributed by atoms with Crippen molar-refractivity contribution in [1.82, 2.24) is 24.2 Å². The van der Waals surface area contributed by atoms with Crippen molar-refractivity contribution in [3.05, 3.63) is 36.2 Å². The minimum atomic E-state index is 0.0540. The van der Waals surface area contributed by atoms with E-state index in [1.54, 1.807) is 15.8 Å². The van der Waals surface area contributed by atoms with Crippen LogP contribution in [0.4, 0.5) is 0 Å². The van der Waals surface area contributed by atoms with Gasteiger partial charge in [-0.25, -0.2) is 4.98 Å². The molecule has 0 N–H and O–H groups in total. The van der Waals surface area contributed by atoms with Crippen LogP contribution >= 0.6 is 0 Å². The fourth-order valence-electron chi connectivity index (χ4n) is 2.79. The molecule has 6 heteroatoms. The number of amides is 1. The second-order valence-corrected chi connectivity index (χ2v) is 5.49. The van der Waals surface area contributed by atoms with Crippen LogP contribution in [0.5, 0.6) is 0 Å². The van der Waals surface area contributed by atoms with Gasteiger partial charge in [0.1, 0.15) is 0 Å². The molecule has 0 bridgehead atoms. The minimum Gasteiger partial charge on any atom is -0.341 e. The summed E-state index contributed by atoms with van der Waals surface area (Å²) in [5.41, 5.74) is 2.28. The van der Waals surface area contributed by atoms with Gasteiger partial charge in [-0.1, -0.05) is 0 Å². The fourth-order valence-corrected chi connectivity index (χ4v) is 2.79. The van der Waals surface area contributed by atoms with Gasteiger partial charge in [0.25, 0.3) is 0 Å². The van der Waals surface area contributed by atoms with E-state index in [0.29, 0.717) is 6.54 Å². The molecule has 1 unspecified atom stereocenters. The number of hydrogen-bond donors (Lipinski definition) is 0. The molecule has 3 rings (SSSR count). The van der Waals surface area contributed by atoms with E-state index < -0.39 is 0 Å². The van der Waals surface area contributed by atoms with Gasteiger partial charge in [0.2, 0.25) is 5.91 Å². The first-order valence-corrected chi connectivity index (χ1v) is 6.85. The van der Waals surface area contributed by atoms with Crippen LogP contribution in [0, 0.1) is 5.92 Å². The highest BCUT2D eigenvalue weighted by Gasteiger charge is 2.27. The lowest BCUT2D eigenvalue weighted by atomic mass is 9.97. The smallest absolute Gasteiger partial charge is 0.227 e. The third kappa shape index (κ3) is 2.45. The summed E-state index contributed by atoms with van der Waals surface area (Å²) in [7, 11) is 3.74. The molecule has 2 aromatic heterocycles. The van der Waals surface area contributed by atoms with E-state index in [9.17, 15) is 4.79 Å². The number of hydrogen-bond acceptors (Lipinski definition) is 3. The number of rotatable bonds is 3. The number of aromatic nitrogens is 4. The number of nitrogens with zero attached hydrogens (tertiary/aromatic N) is 5. The SMILES string of the molecule is CN(Cc1cnn(C)c1)C(=O)C1CCc2cncn2C1. The summed E-state index contributed by atoms with van der Waals surface area (Å²) in [6.07, 6.45) is 9.28. The first-order chi connectivity index (χ1) is 9.63. The molecule has 0 radical (unpaired) electrons. The summed E-state index contributed by atoms with van der Waals surface area (Å²) >= 11 is 0. The first-order valence-electron chi connectivity index (χ1n) is 6.85. The van der Waals surface area contributed by atoms with Crippen LogP contribution in [-0.4, -0.2) is 37.2 Å². The molecule has 0 spiro atoms. The van der Waals surface area contributed by atoms with E-state index >= 15 is 0 Å². The Kier molecular flexibility index (Phi) is 3.30. The van der Waals surface area contributed by atoms with Gasteiger partial charge in [0.15, 0.2) is 0 Å². The number of carbonyl (C=O) groups excluding carboxylic acids is 1. The Balaban J connectivity index is 1.64. The maximum atomic E-state index is 12.5. The van der Waals surface area contributed by atoms with Gasteiger partial charge in [-0.2, -0.15) is 5.10 Å². The van der Waals surface area contributed by atoms with E-state index in [4.69, 9.17) is 0 Å². The van der Waals surface area contributed by atoms with Gasteiger partial charge in [0.05, 0.1) is 18.4 Å². The zero-order valence-corrected chi connectivity index (χ0v) is 11.9. The lowest BCUT2D eigenvalue weighted by Gasteiger charge is -2.27. The molecule has 0 fully saturated rings. The third-order valence-electron chi connectivity index (χ3n) is 3.87. The molecule has 1 amide bonds. The Hall–Kier alpha value is -2.11. The van der Waals surface area contributed by atoms with Gasteiger partial charge in [-0.3, -0.25) is 9.48 Å². The summed E-state index contributed by atoms with van der Waals surface area (Å²) in [6, 6.07) is 0. The molecule has 1 aliphatic rings. The van der Waals surface area contributed by atoms with Crippen LogP contribution < -0.4 is 0 Å². The van der Waals surface area contributed by atoms with E-state index in [0.717, 1.165) is 24.9 Å². The predicted molar refractivity (Wildman–Crippen MR) is 73.7 cm³/mol. The van der Waals surface area contributed by atoms with Gasteiger partial charge >= 0.3 is 0 Å². The number of carbonyl (C=O) groups is 1. The van der Waals surface area contributed by atoms with Gasteiger partial charge in [-0.05, 0) is 12.8 Å². The molecule has 0 aliphatic carbocycles. The maximum absolute atomic E-state index is 12.5. The third-order valence-corrected chi connectivity index (χ3v) is 3.87. The summed E-state index contributed by atoms with van der Waals surface area (Å²) in [5.74, 6) is 0.256. The largest absolute Gasteiger partial charge is 0.341 e. The van der Waals surface area contributed by atoms with Crippen molar-refractivity contribution in [2.75, 3.05) is 7.05 Å². The number of aryl methyl sites for hydroxylation is 2. The topological polar surface area (TPSA) is 56.0 Å².